The Morgan fingerprint density at radius 3 is 2.92 bits per heavy atom. The maximum absolute atomic E-state index is 13.2. The summed E-state index contributed by atoms with van der Waals surface area (Å²) in [7, 11) is 0. The first-order chi connectivity index (χ1) is 12.6. The van der Waals surface area contributed by atoms with Crippen molar-refractivity contribution >= 4 is 49.7 Å². The van der Waals surface area contributed by atoms with Gasteiger partial charge in [-0.25, -0.2) is 4.98 Å². The number of amides is 1. The van der Waals surface area contributed by atoms with Gasteiger partial charge in [0.05, 0.1) is 11.2 Å². The Bertz CT molecular complexity index is 1190. The molecule has 1 aliphatic rings. The Morgan fingerprint density at radius 2 is 2.04 bits per heavy atom. The molecule has 0 unspecified atom stereocenters. The van der Waals surface area contributed by atoms with Gasteiger partial charge in [0.2, 0.25) is 0 Å². The predicted molar refractivity (Wildman–Crippen MR) is 108 cm³/mol. The van der Waals surface area contributed by atoms with E-state index in [0.29, 0.717) is 17.1 Å². The molecule has 0 radical (unpaired) electrons. The number of nitrogen functional groups attached to an aromatic ring is 1. The second-order valence-electron chi connectivity index (χ2n) is 6.72. The van der Waals surface area contributed by atoms with E-state index in [2.05, 4.69) is 19.1 Å². The first-order valence-corrected chi connectivity index (χ1v) is 9.42. The van der Waals surface area contributed by atoms with Crippen LogP contribution in [-0.4, -0.2) is 17.4 Å². The molecule has 5 heteroatoms. The van der Waals surface area contributed by atoms with E-state index in [1.807, 2.05) is 41.3 Å². The Balaban J connectivity index is 1.64. The Labute approximate surface area is 154 Å². The zero-order chi connectivity index (χ0) is 17.8. The average Bonchev–Trinajstić information content (AvgIpc) is 3.21. The molecule has 26 heavy (non-hydrogen) atoms. The van der Waals surface area contributed by atoms with E-state index in [1.165, 1.54) is 22.5 Å². The number of para-hydroxylation sites is 1. The van der Waals surface area contributed by atoms with Gasteiger partial charge >= 0.3 is 0 Å². The topological polar surface area (TPSA) is 59.2 Å². The van der Waals surface area contributed by atoms with Gasteiger partial charge in [-0.15, -0.1) is 11.3 Å². The van der Waals surface area contributed by atoms with Crippen molar-refractivity contribution in [3.05, 3.63) is 64.5 Å². The van der Waals surface area contributed by atoms with Gasteiger partial charge in [0.1, 0.15) is 9.71 Å². The summed E-state index contributed by atoms with van der Waals surface area (Å²) in [6, 6.07) is 16.3. The fourth-order valence-electron chi connectivity index (χ4n) is 3.65. The van der Waals surface area contributed by atoms with Crippen molar-refractivity contribution in [1.82, 2.24) is 4.98 Å². The molecule has 0 bridgehead atoms. The number of nitrogens with zero attached hydrogens (tertiary/aromatic N) is 2. The number of pyridine rings is 1. The number of thiophene rings is 1. The van der Waals surface area contributed by atoms with E-state index in [0.717, 1.165) is 33.2 Å². The predicted octanol–water partition coefficient (Wildman–Crippen LogP) is 4.54. The molecule has 128 valence electrons. The maximum Gasteiger partial charge on any atom is 0.270 e. The lowest BCUT2D eigenvalue weighted by Crippen LogP contribution is -2.28. The molecule has 0 aliphatic carbocycles. The van der Waals surface area contributed by atoms with Crippen LogP contribution in [0.3, 0.4) is 0 Å². The number of carbonyl (C=O) groups excluding carboxylic acids is 1. The van der Waals surface area contributed by atoms with Crippen LogP contribution < -0.4 is 10.6 Å². The van der Waals surface area contributed by atoms with Gasteiger partial charge in [-0.05, 0) is 43.2 Å². The minimum absolute atomic E-state index is 0.0318. The first kappa shape index (κ1) is 15.3. The molecule has 0 atom stereocenters. The van der Waals surface area contributed by atoms with E-state index in [-0.39, 0.29) is 5.91 Å². The summed E-state index contributed by atoms with van der Waals surface area (Å²) in [6.07, 6.45) is 0.883. The molecular formula is C21H17N3OS. The summed E-state index contributed by atoms with van der Waals surface area (Å²) in [5, 5.41) is 1.91. The molecule has 1 amide bonds. The van der Waals surface area contributed by atoms with E-state index in [9.17, 15) is 4.79 Å². The summed E-state index contributed by atoms with van der Waals surface area (Å²) in [4.78, 5) is 21.1. The molecule has 3 heterocycles. The van der Waals surface area contributed by atoms with Gasteiger partial charge in [-0.1, -0.05) is 29.8 Å². The van der Waals surface area contributed by atoms with Gasteiger partial charge < -0.3 is 10.6 Å². The number of fused-ring (bicyclic) bond motifs is 3. The molecule has 4 nitrogen and oxygen atoms in total. The molecule has 2 aromatic heterocycles. The second-order valence-corrected chi connectivity index (χ2v) is 7.72. The molecule has 2 N–H and O–H groups in total. The monoisotopic (exact) mass is 359 g/mol. The Hall–Kier alpha value is -2.92. The number of benzene rings is 2. The highest BCUT2D eigenvalue weighted by molar-refractivity contribution is 7.21. The normalized spacial score (nSPS) is 13.5. The highest BCUT2D eigenvalue weighted by Crippen LogP contribution is 2.37. The van der Waals surface area contributed by atoms with E-state index < -0.39 is 0 Å². The van der Waals surface area contributed by atoms with Crippen molar-refractivity contribution in [3.8, 4) is 0 Å². The van der Waals surface area contributed by atoms with Crippen LogP contribution in [0.4, 0.5) is 11.4 Å². The van der Waals surface area contributed by atoms with E-state index in [4.69, 9.17) is 10.7 Å². The molecule has 0 spiro atoms. The number of aryl methyl sites for hydroxylation is 1. The molecule has 1 aliphatic heterocycles. The molecule has 0 fully saturated rings. The van der Waals surface area contributed by atoms with Crippen LogP contribution in [-0.2, 0) is 6.42 Å². The first-order valence-electron chi connectivity index (χ1n) is 8.61. The molecule has 0 saturated heterocycles. The maximum atomic E-state index is 13.2. The summed E-state index contributed by atoms with van der Waals surface area (Å²) in [6.45, 7) is 2.75. The minimum atomic E-state index is -0.0318. The Morgan fingerprint density at radius 1 is 1.19 bits per heavy atom. The van der Waals surface area contributed by atoms with Crippen LogP contribution in [0.25, 0.3) is 21.1 Å². The van der Waals surface area contributed by atoms with Gasteiger partial charge in [0.25, 0.3) is 5.91 Å². The number of rotatable bonds is 1. The van der Waals surface area contributed by atoms with Crippen molar-refractivity contribution < 1.29 is 4.79 Å². The van der Waals surface area contributed by atoms with Crippen molar-refractivity contribution in [2.24, 2.45) is 0 Å². The lowest BCUT2D eigenvalue weighted by molar-refractivity contribution is 0.0994. The largest absolute Gasteiger partial charge is 0.397 e. The van der Waals surface area contributed by atoms with Gasteiger partial charge in [0, 0.05) is 23.0 Å². The smallest absolute Gasteiger partial charge is 0.270 e. The van der Waals surface area contributed by atoms with Crippen molar-refractivity contribution in [1.29, 1.82) is 0 Å². The third kappa shape index (κ3) is 2.21. The van der Waals surface area contributed by atoms with Crippen LogP contribution in [0.2, 0.25) is 0 Å². The molecule has 4 aromatic rings. The van der Waals surface area contributed by atoms with Gasteiger partial charge in [-0.2, -0.15) is 0 Å². The Kier molecular flexibility index (Phi) is 3.27. The lowest BCUT2D eigenvalue weighted by atomic mass is 10.1. The number of hydrogen-bond acceptors (Lipinski definition) is 4. The van der Waals surface area contributed by atoms with Crippen molar-refractivity contribution in [2.75, 3.05) is 17.2 Å². The fourth-order valence-corrected chi connectivity index (χ4v) is 4.69. The van der Waals surface area contributed by atoms with Crippen molar-refractivity contribution in [2.45, 2.75) is 13.3 Å². The number of carbonyl (C=O) groups is 1. The van der Waals surface area contributed by atoms with Crippen LogP contribution in [0.1, 0.15) is 20.8 Å². The third-order valence-electron chi connectivity index (χ3n) is 5.00. The second kappa shape index (κ2) is 5.54. The quantitative estimate of drug-likeness (QED) is 0.543. The summed E-state index contributed by atoms with van der Waals surface area (Å²) >= 11 is 1.39. The highest BCUT2D eigenvalue weighted by Gasteiger charge is 2.28. The van der Waals surface area contributed by atoms with Crippen LogP contribution in [0.5, 0.6) is 0 Å². The standard InChI is InChI=1S/C21H17N3OS/c1-12-6-7-16-14(10-12)11-15-18(22)19(26-20(15)23-16)21(25)24-9-8-13-4-2-3-5-17(13)24/h2-7,10-11H,8-9,22H2,1H3. The van der Waals surface area contributed by atoms with Crippen molar-refractivity contribution in [3.63, 3.8) is 0 Å². The number of anilines is 2. The minimum Gasteiger partial charge on any atom is -0.397 e. The summed E-state index contributed by atoms with van der Waals surface area (Å²) in [5.41, 5.74) is 11.2. The molecule has 2 aromatic carbocycles. The fraction of sp³-hybridized carbons (Fsp3) is 0.143. The van der Waals surface area contributed by atoms with Gasteiger partial charge in [0.15, 0.2) is 0 Å². The van der Waals surface area contributed by atoms with Crippen LogP contribution in [0.15, 0.2) is 48.5 Å². The highest BCUT2D eigenvalue weighted by atomic mass is 32.1. The number of nitrogens with two attached hydrogens (primary N) is 1. The summed E-state index contributed by atoms with van der Waals surface area (Å²) in [5.74, 6) is -0.0318. The SMILES string of the molecule is Cc1ccc2nc3sc(C(=O)N4CCc5ccccc54)c(N)c3cc2c1. The number of aromatic nitrogens is 1. The third-order valence-corrected chi connectivity index (χ3v) is 6.10. The molecule has 5 rings (SSSR count). The van der Waals surface area contributed by atoms with E-state index >= 15 is 0 Å². The molecular weight excluding hydrogens is 342 g/mol. The van der Waals surface area contributed by atoms with Crippen LogP contribution >= 0.6 is 11.3 Å². The lowest BCUT2D eigenvalue weighted by Gasteiger charge is -2.16. The average molecular weight is 359 g/mol. The summed E-state index contributed by atoms with van der Waals surface area (Å²) < 4.78 is 0. The number of hydrogen-bond donors (Lipinski definition) is 1. The zero-order valence-corrected chi connectivity index (χ0v) is 15.1. The van der Waals surface area contributed by atoms with Gasteiger partial charge in [-0.3, -0.25) is 4.79 Å². The van der Waals surface area contributed by atoms with E-state index in [1.54, 1.807) is 0 Å². The molecule has 0 saturated carbocycles. The zero-order valence-electron chi connectivity index (χ0n) is 14.3. The van der Waals surface area contributed by atoms with Crippen LogP contribution in [0, 0.1) is 6.92 Å².